The van der Waals surface area contributed by atoms with Crippen molar-refractivity contribution in [3.63, 3.8) is 0 Å². The zero-order valence-electron chi connectivity index (χ0n) is 26.0. The Morgan fingerprint density at radius 2 is 1.86 bits per heavy atom. The van der Waals surface area contributed by atoms with Gasteiger partial charge in [-0.2, -0.15) is 18.3 Å². The maximum atomic E-state index is 15.0. The normalized spacial score (nSPS) is 20.0. The Morgan fingerprint density at radius 1 is 1.02 bits per heavy atom. The summed E-state index contributed by atoms with van der Waals surface area (Å²) in [5.41, 5.74) is 0.239. The van der Waals surface area contributed by atoms with Crippen molar-refractivity contribution >= 4 is 34.8 Å². The molecule has 11 nitrogen and oxygen atoms in total. The van der Waals surface area contributed by atoms with Crippen molar-refractivity contribution in [3.05, 3.63) is 93.0 Å². The molecule has 2 aliphatic heterocycles. The lowest BCUT2D eigenvalue weighted by atomic mass is 9.95. The molecule has 7 rings (SSSR count). The van der Waals surface area contributed by atoms with E-state index in [1.807, 2.05) is 0 Å². The van der Waals surface area contributed by atoms with Gasteiger partial charge in [0.15, 0.2) is 5.15 Å². The number of pyridine rings is 2. The van der Waals surface area contributed by atoms with E-state index >= 15 is 0 Å². The van der Waals surface area contributed by atoms with E-state index < -0.39 is 29.3 Å². The highest BCUT2D eigenvalue weighted by molar-refractivity contribution is 6.31. The molecule has 1 aromatic carbocycles. The van der Waals surface area contributed by atoms with Gasteiger partial charge < -0.3 is 14.6 Å². The number of alkyl halides is 3. The first kappa shape index (κ1) is 33.0. The fraction of sp³-hybridized carbons (Fsp3) is 0.333. The second-order valence-corrected chi connectivity index (χ2v) is 13.0. The first-order chi connectivity index (χ1) is 23.5. The second-order valence-electron chi connectivity index (χ2n) is 12.2. The van der Waals surface area contributed by atoms with Crippen LogP contribution in [0.5, 0.6) is 0 Å². The van der Waals surface area contributed by atoms with E-state index in [4.69, 9.17) is 27.9 Å². The highest BCUT2D eigenvalue weighted by Crippen LogP contribution is 2.41. The topological polar surface area (TPSA) is 122 Å². The van der Waals surface area contributed by atoms with Crippen LogP contribution in [0.2, 0.25) is 10.2 Å². The first-order valence-electron chi connectivity index (χ1n) is 15.6. The molecule has 254 valence electrons. The van der Waals surface area contributed by atoms with Crippen molar-refractivity contribution in [2.75, 3.05) is 18.5 Å². The molecule has 49 heavy (non-hydrogen) atoms. The third kappa shape index (κ3) is 6.47. The number of nitrogens with zero attached hydrogens (tertiary/aromatic N) is 7. The van der Waals surface area contributed by atoms with Crippen LogP contribution in [0.25, 0.3) is 28.1 Å². The molecule has 16 heteroatoms. The fourth-order valence-corrected chi connectivity index (χ4v) is 6.77. The minimum atomic E-state index is -4.87. The summed E-state index contributed by atoms with van der Waals surface area (Å²) in [6, 6.07) is 7.79. The van der Waals surface area contributed by atoms with Gasteiger partial charge in [-0.05, 0) is 49.6 Å². The average Bonchev–Trinajstić information content (AvgIpc) is 3.84. The Balaban J connectivity index is 1.40. The Morgan fingerprint density at radius 3 is 2.59 bits per heavy atom. The Kier molecular flexibility index (Phi) is 8.80. The molecule has 1 N–H and O–H groups in total. The number of rotatable bonds is 4. The largest absolute Gasteiger partial charge is 0.418 e. The van der Waals surface area contributed by atoms with E-state index in [2.05, 4.69) is 25.7 Å². The number of halogens is 5. The maximum Gasteiger partial charge on any atom is 0.418 e. The quantitative estimate of drug-likeness (QED) is 0.213. The van der Waals surface area contributed by atoms with Crippen molar-refractivity contribution in [2.24, 2.45) is 5.92 Å². The predicted octanol–water partition coefficient (Wildman–Crippen LogP) is 6.99. The molecule has 1 saturated heterocycles. The number of nitrogens with one attached hydrogen (secondary N) is 1. The number of ether oxygens (including phenoxy) is 1. The van der Waals surface area contributed by atoms with E-state index in [1.165, 1.54) is 29.1 Å². The summed E-state index contributed by atoms with van der Waals surface area (Å²) in [7, 11) is 0. The highest BCUT2D eigenvalue weighted by Gasteiger charge is 2.37. The smallest absolute Gasteiger partial charge is 0.379 e. The van der Waals surface area contributed by atoms with Crippen molar-refractivity contribution in [1.82, 2.24) is 34.3 Å². The van der Waals surface area contributed by atoms with Gasteiger partial charge in [-0.3, -0.25) is 19.3 Å². The number of anilines is 1. The Hall–Kier alpha value is -4.53. The van der Waals surface area contributed by atoms with Crippen molar-refractivity contribution in [1.29, 1.82) is 0 Å². The van der Waals surface area contributed by atoms with Gasteiger partial charge in [0, 0.05) is 52.7 Å². The first-order valence-corrected chi connectivity index (χ1v) is 16.4. The van der Waals surface area contributed by atoms with Crippen LogP contribution in [0, 0.1) is 5.92 Å². The minimum Gasteiger partial charge on any atom is -0.379 e. The van der Waals surface area contributed by atoms with Crippen LogP contribution in [0.3, 0.4) is 0 Å². The molecule has 0 aliphatic carbocycles. The third-order valence-corrected chi connectivity index (χ3v) is 9.35. The van der Waals surface area contributed by atoms with E-state index in [9.17, 15) is 22.8 Å². The highest BCUT2D eigenvalue weighted by atomic mass is 35.5. The fourth-order valence-electron chi connectivity index (χ4n) is 6.47. The van der Waals surface area contributed by atoms with Gasteiger partial charge in [-0.25, -0.2) is 4.68 Å². The van der Waals surface area contributed by atoms with Gasteiger partial charge in [0.05, 0.1) is 59.4 Å². The molecule has 5 aromatic rings. The van der Waals surface area contributed by atoms with Crippen LogP contribution < -0.4 is 10.9 Å². The van der Waals surface area contributed by atoms with Crippen LogP contribution in [-0.4, -0.2) is 53.4 Å². The number of hydrogen-bond acceptors (Lipinski definition) is 7. The molecule has 1 fully saturated rings. The number of benzene rings is 1. The summed E-state index contributed by atoms with van der Waals surface area (Å²) in [4.78, 5) is 31.8. The molecular weight excluding hydrogens is 684 g/mol. The van der Waals surface area contributed by atoms with Crippen molar-refractivity contribution in [3.8, 4) is 28.1 Å². The van der Waals surface area contributed by atoms with Gasteiger partial charge in [0.1, 0.15) is 0 Å². The molecule has 0 saturated carbocycles. The van der Waals surface area contributed by atoms with Crippen LogP contribution >= 0.6 is 23.2 Å². The van der Waals surface area contributed by atoms with Crippen LogP contribution in [0.4, 0.5) is 18.9 Å². The standard InChI is InChI=1S/C33H29Cl2F3N8O3/c1-18-3-2-4-28(25-11-19(7-9-39-25)31-26(41-32(18)48)14-40-46(31)21-8-10-49-17-21)44-15-24(33(36,37)38)22(13-30(44)47)23-12-20(34)5-6-27(23)45-16-29(35)42-43-45/h5-7,9,11-16,18,21,28H,2-4,8,10,17H2,1H3,(H,41,48)/t18-,21?,28+/m1/s1. The lowest BCUT2D eigenvalue weighted by Gasteiger charge is -2.25. The summed E-state index contributed by atoms with van der Waals surface area (Å²) in [6.45, 7) is 2.80. The summed E-state index contributed by atoms with van der Waals surface area (Å²) in [6.07, 6.45) is 2.26. The minimum absolute atomic E-state index is 0.0148. The lowest BCUT2D eigenvalue weighted by Crippen LogP contribution is -2.28. The predicted molar refractivity (Wildman–Crippen MR) is 176 cm³/mol. The van der Waals surface area contributed by atoms with Gasteiger partial charge in [0.2, 0.25) is 5.91 Å². The van der Waals surface area contributed by atoms with Gasteiger partial charge in [0.25, 0.3) is 5.56 Å². The number of fused-ring (bicyclic) bond motifs is 4. The average molecular weight is 714 g/mol. The molecule has 1 amide bonds. The molecule has 3 atom stereocenters. The summed E-state index contributed by atoms with van der Waals surface area (Å²) in [5, 5.41) is 15.4. The van der Waals surface area contributed by atoms with Gasteiger partial charge in [-0.15, -0.1) is 5.10 Å². The zero-order valence-corrected chi connectivity index (χ0v) is 27.5. The monoisotopic (exact) mass is 712 g/mol. The summed E-state index contributed by atoms with van der Waals surface area (Å²) in [5.74, 6) is -0.629. The molecule has 4 aromatic heterocycles. The number of carbonyl (C=O) groups excluding carboxylic acids is 1. The third-order valence-electron chi connectivity index (χ3n) is 8.95. The Bertz CT molecular complexity index is 2110. The molecule has 1 unspecified atom stereocenters. The van der Waals surface area contributed by atoms with Gasteiger partial charge in [-0.1, -0.05) is 41.8 Å². The van der Waals surface area contributed by atoms with Gasteiger partial charge >= 0.3 is 6.18 Å². The number of amides is 1. The second kappa shape index (κ2) is 13.1. The van der Waals surface area contributed by atoms with E-state index in [-0.39, 0.29) is 45.4 Å². The number of carbonyl (C=O) groups is 1. The van der Waals surface area contributed by atoms with Crippen molar-refractivity contribution in [2.45, 2.75) is 50.9 Å². The molecule has 6 heterocycles. The molecule has 2 bridgehead atoms. The lowest BCUT2D eigenvalue weighted by molar-refractivity contribution is -0.137. The Labute approximate surface area is 287 Å². The maximum absolute atomic E-state index is 15.0. The summed E-state index contributed by atoms with van der Waals surface area (Å²) >= 11 is 12.2. The van der Waals surface area contributed by atoms with Crippen LogP contribution in [-0.2, 0) is 15.7 Å². The van der Waals surface area contributed by atoms with E-state index in [0.29, 0.717) is 48.7 Å². The van der Waals surface area contributed by atoms with Crippen LogP contribution in [0.1, 0.15) is 55.9 Å². The molecule has 0 radical (unpaired) electrons. The molecule has 2 aliphatic rings. The number of aromatic nitrogens is 7. The van der Waals surface area contributed by atoms with Crippen LogP contribution in [0.15, 0.2) is 66.0 Å². The zero-order chi connectivity index (χ0) is 34.4. The van der Waals surface area contributed by atoms with Crippen molar-refractivity contribution < 1.29 is 22.7 Å². The van der Waals surface area contributed by atoms with E-state index in [1.54, 1.807) is 36.1 Å². The van der Waals surface area contributed by atoms with E-state index in [0.717, 1.165) is 23.3 Å². The number of hydrogen-bond donors (Lipinski definition) is 1. The molecular formula is C33H29Cl2F3N8O3. The molecule has 0 spiro atoms. The SMILES string of the molecule is C[C@@H]1CCC[C@H](n2cc(C(F)(F)F)c(-c3cc(Cl)ccc3-n3cc(Cl)nn3)cc2=O)c2cc(ccn2)-c2c(cnn2C2CCOC2)NC1=O. The summed E-state index contributed by atoms with van der Waals surface area (Å²) < 4.78 is 54.6.